The molecule has 5 heteroatoms. The molecule has 0 saturated heterocycles. The van der Waals surface area contributed by atoms with Crippen LogP contribution in [0.15, 0.2) is 28.8 Å². The number of oxazole rings is 1. The monoisotopic (exact) mass is 214 g/mol. The number of nitrogens with one attached hydrogen (secondary N) is 1. The van der Waals surface area contributed by atoms with Crippen LogP contribution in [0.5, 0.6) is 0 Å². The van der Waals surface area contributed by atoms with Crippen molar-refractivity contribution in [2.24, 2.45) is 0 Å². The topological polar surface area (TPSA) is 80.7 Å². The van der Waals surface area contributed by atoms with Crippen LogP contribution in [0.25, 0.3) is 22.6 Å². The number of benzene rings is 1. The fourth-order valence-electron chi connectivity index (χ4n) is 1.62. The summed E-state index contributed by atoms with van der Waals surface area (Å²) in [6, 6.07) is 5.41. The first-order chi connectivity index (χ1) is 7.74. The van der Waals surface area contributed by atoms with Gasteiger partial charge in [0.05, 0.1) is 11.8 Å². The van der Waals surface area contributed by atoms with Crippen LogP contribution in [0.3, 0.4) is 0 Å². The van der Waals surface area contributed by atoms with E-state index in [1.165, 1.54) is 0 Å². The predicted octanol–water partition coefficient (Wildman–Crippen LogP) is 2.11. The second-order valence-electron chi connectivity index (χ2n) is 3.65. The van der Waals surface area contributed by atoms with Gasteiger partial charge >= 0.3 is 0 Å². The summed E-state index contributed by atoms with van der Waals surface area (Å²) in [5, 5.41) is 6.78. The number of H-pyrrole nitrogens is 1. The molecule has 16 heavy (non-hydrogen) atoms. The molecule has 0 radical (unpaired) electrons. The Labute approximate surface area is 91.3 Å². The zero-order valence-electron chi connectivity index (χ0n) is 8.69. The van der Waals surface area contributed by atoms with E-state index in [0.717, 1.165) is 16.8 Å². The summed E-state index contributed by atoms with van der Waals surface area (Å²) in [6.45, 7) is 1.92. The number of nitrogens with zero attached hydrogens (tertiary/aromatic N) is 2. The van der Waals surface area contributed by atoms with Crippen molar-refractivity contribution in [1.82, 2.24) is 15.2 Å². The van der Waals surface area contributed by atoms with Crippen molar-refractivity contribution in [2.75, 3.05) is 5.73 Å². The van der Waals surface area contributed by atoms with E-state index in [9.17, 15) is 0 Å². The van der Waals surface area contributed by atoms with E-state index >= 15 is 0 Å². The molecule has 2 aromatic heterocycles. The first-order valence-corrected chi connectivity index (χ1v) is 4.90. The van der Waals surface area contributed by atoms with E-state index in [4.69, 9.17) is 10.2 Å². The molecule has 0 unspecified atom stereocenters. The summed E-state index contributed by atoms with van der Waals surface area (Å²) < 4.78 is 5.62. The summed E-state index contributed by atoms with van der Waals surface area (Å²) in [5.41, 5.74) is 9.63. The molecular weight excluding hydrogens is 204 g/mol. The second-order valence-corrected chi connectivity index (χ2v) is 3.65. The SMILES string of the molecule is Cc1[nH]ncc1-c1nc2ccc(N)cc2o1. The molecule has 0 bridgehead atoms. The molecule has 3 aromatic rings. The summed E-state index contributed by atoms with van der Waals surface area (Å²) in [4.78, 5) is 4.37. The highest BCUT2D eigenvalue weighted by Gasteiger charge is 2.11. The van der Waals surface area contributed by atoms with Crippen LogP contribution < -0.4 is 5.73 Å². The maximum Gasteiger partial charge on any atom is 0.230 e. The number of nitrogens with two attached hydrogens (primary N) is 1. The molecule has 0 spiro atoms. The van der Waals surface area contributed by atoms with E-state index in [1.807, 2.05) is 13.0 Å². The van der Waals surface area contributed by atoms with E-state index in [2.05, 4.69) is 15.2 Å². The van der Waals surface area contributed by atoms with Gasteiger partial charge in [-0.2, -0.15) is 5.10 Å². The second kappa shape index (κ2) is 3.10. The number of rotatable bonds is 1. The van der Waals surface area contributed by atoms with E-state index in [0.29, 0.717) is 17.2 Å². The van der Waals surface area contributed by atoms with Crippen molar-refractivity contribution in [1.29, 1.82) is 0 Å². The van der Waals surface area contributed by atoms with Crippen molar-refractivity contribution in [3.63, 3.8) is 0 Å². The number of aryl methyl sites for hydroxylation is 1. The normalized spacial score (nSPS) is 11.1. The van der Waals surface area contributed by atoms with Crippen molar-refractivity contribution < 1.29 is 4.42 Å². The Hall–Kier alpha value is -2.30. The summed E-state index contributed by atoms with van der Waals surface area (Å²) in [5.74, 6) is 0.562. The predicted molar refractivity (Wildman–Crippen MR) is 60.7 cm³/mol. The minimum atomic E-state index is 0.562. The Bertz CT molecular complexity index is 653. The molecule has 0 amide bonds. The van der Waals surface area contributed by atoms with Gasteiger partial charge in [0.1, 0.15) is 5.52 Å². The Morgan fingerprint density at radius 2 is 2.25 bits per heavy atom. The Morgan fingerprint density at radius 1 is 1.38 bits per heavy atom. The van der Waals surface area contributed by atoms with Crippen LogP contribution in [0.4, 0.5) is 5.69 Å². The third-order valence-electron chi connectivity index (χ3n) is 2.47. The van der Waals surface area contributed by atoms with Gasteiger partial charge in [0.15, 0.2) is 5.58 Å². The maximum atomic E-state index is 5.68. The standard InChI is InChI=1S/C11H10N4O/c1-6-8(5-13-15-6)11-14-9-3-2-7(12)4-10(9)16-11/h2-5H,12H2,1H3,(H,13,15). The first-order valence-electron chi connectivity index (χ1n) is 4.90. The molecule has 5 nitrogen and oxygen atoms in total. The number of anilines is 1. The Morgan fingerprint density at radius 3 is 3.00 bits per heavy atom. The van der Waals surface area contributed by atoms with Crippen LogP contribution in [-0.2, 0) is 0 Å². The molecule has 0 saturated carbocycles. The van der Waals surface area contributed by atoms with Crippen molar-refractivity contribution in [2.45, 2.75) is 6.92 Å². The molecule has 2 heterocycles. The number of aromatic amines is 1. The molecule has 0 aliphatic carbocycles. The van der Waals surface area contributed by atoms with Gasteiger partial charge in [-0.3, -0.25) is 5.10 Å². The van der Waals surface area contributed by atoms with Gasteiger partial charge in [0.25, 0.3) is 0 Å². The molecule has 0 aliphatic rings. The van der Waals surface area contributed by atoms with Crippen LogP contribution in [0.2, 0.25) is 0 Å². The van der Waals surface area contributed by atoms with Gasteiger partial charge in [-0.15, -0.1) is 0 Å². The van der Waals surface area contributed by atoms with Gasteiger partial charge in [-0.25, -0.2) is 4.98 Å². The van der Waals surface area contributed by atoms with Gasteiger partial charge in [-0.1, -0.05) is 0 Å². The van der Waals surface area contributed by atoms with Crippen LogP contribution >= 0.6 is 0 Å². The highest BCUT2D eigenvalue weighted by molar-refractivity contribution is 5.79. The molecule has 3 N–H and O–H groups in total. The van der Waals surface area contributed by atoms with E-state index in [1.54, 1.807) is 18.3 Å². The minimum Gasteiger partial charge on any atom is -0.436 e. The lowest BCUT2D eigenvalue weighted by Crippen LogP contribution is -1.81. The van der Waals surface area contributed by atoms with Crippen LogP contribution in [-0.4, -0.2) is 15.2 Å². The highest BCUT2D eigenvalue weighted by Crippen LogP contribution is 2.26. The minimum absolute atomic E-state index is 0.562. The molecule has 3 rings (SSSR count). The van der Waals surface area contributed by atoms with Gasteiger partial charge in [0, 0.05) is 17.4 Å². The Balaban J connectivity index is 2.23. The fraction of sp³-hybridized carbons (Fsp3) is 0.0909. The molecule has 0 aliphatic heterocycles. The Kier molecular flexibility index (Phi) is 1.73. The third kappa shape index (κ3) is 1.25. The lowest BCUT2D eigenvalue weighted by molar-refractivity contribution is 0.619. The molecule has 80 valence electrons. The number of fused-ring (bicyclic) bond motifs is 1. The number of hydrogen-bond donors (Lipinski definition) is 2. The maximum absolute atomic E-state index is 5.68. The molecule has 0 atom stereocenters. The lowest BCUT2D eigenvalue weighted by Gasteiger charge is -1.89. The first kappa shape index (κ1) is 8.96. The summed E-state index contributed by atoms with van der Waals surface area (Å²) in [6.07, 6.45) is 1.70. The van der Waals surface area contributed by atoms with Crippen molar-refractivity contribution in [3.05, 3.63) is 30.1 Å². The van der Waals surface area contributed by atoms with E-state index in [-0.39, 0.29) is 0 Å². The van der Waals surface area contributed by atoms with Gasteiger partial charge in [0.2, 0.25) is 5.89 Å². The molecule has 0 fully saturated rings. The number of nitrogen functional groups attached to an aromatic ring is 1. The largest absolute Gasteiger partial charge is 0.436 e. The average Bonchev–Trinajstić information content (AvgIpc) is 2.82. The van der Waals surface area contributed by atoms with Crippen molar-refractivity contribution >= 4 is 16.8 Å². The number of aromatic nitrogens is 3. The summed E-state index contributed by atoms with van der Waals surface area (Å²) in [7, 11) is 0. The lowest BCUT2D eigenvalue weighted by atomic mass is 10.3. The fourth-order valence-corrected chi connectivity index (χ4v) is 1.62. The molecular formula is C11H10N4O. The average molecular weight is 214 g/mol. The zero-order valence-corrected chi connectivity index (χ0v) is 8.69. The zero-order chi connectivity index (χ0) is 11.1. The van der Waals surface area contributed by atoms with Crippen LogP contribution in [0, 0.1) is 6.92 Å². The van der Waals surface area contributed by atoms with Gasteiger partial charge < -0.3 is 10.2 Å². The smallest absolute Gasteiger partial charge is 0.230 e. The quantitative estimate of drug-likeness (QED) is 0.608. The number of hydrogen-bond acceptors (Lipinski definition) is 4. The van der Waals surface area contributed by atoms with Gasteiger partial charge in [-0.05, 0) is 19.1 Å². The van der Waals surface area contributed by atoms with E-state index < -0.39 is 0 Å². The summed E-state index contributed by atoms with van der Waals surface area (Å²) >= 11 is 0. The van der Waals surface area contributed by atoms with Crippen LogP contribution in [0.1, 0.15) is 5.69 Å². The molecule has 1 aromatic carbocycles. The third-order valence-corrected chi connectivity index (χ3v) is 2.47. The highest BCUT2D eigenvalue weighted by atomic mass is 16.3. The van der Waals surface area contributed by atoms with Crippen molar-refractivity contribution in [3.8, 4) is 11.5 Å².